The summed E-state index contributed by atoms with van der Waals surface area (Å²) in [6.07, 6.45) is 0.270. The van der Waals surface area contributed by atoms with Gasteiger partial charge in [-0.05, 0) is 23.8 Å². The number of nitrogen functional groups attached to an aromatic ring is 1. The van der Waals surface area contributed by atoms with Crippen molar-refractivity contribution in [3.05, 3.63) is 23.8 Å². The fourth-order valence-corrected chi connectivity index (χ4v) is 2.23. The number of nitrogens with zero attached hydrogens (tertiary/aromatic N) is 1. The highest BCUT2D eigenvalue weighted by molar-refractivity contribution is 6.20. The molecule has 2 amide bonds. The van der Waals surface area contributed by atoms with Crippen molar-refractivity contribution in [2.45, 2.75) is 6.42 Å². The van der Waals surface area contributed by atoms with E-state index in [0.717, 1.165) is 5.56 Å². The van der Waals surface area contributed by atoms with Crippen LogP contribution in [-0.2, 0) is 16.0 Å². The molecule has 1 aromatic carbocycles. The molecular formula is C12H13N3O2. The van der Waals surface area contributed by atoms with Gasteiger partial charge >= 0.3 is 0 Å². The maximum Gasteiger partial charge on any atom is 0.239 e. The third-order valence-electron chi connectivity index (χ3n) is 3.29. The van der Waals surface area contributed by atoms with E-state index in [9.17, 15) is 9.59 Å². The molecule has 0 aliphatic carbocycles. The zero-order chi connectivity index (χ0) is 12.0. The number of rotatable bonds is 1. The number of hydrogen-bond donors (Lipinski definition) is 2. The number of carbonyl (C=O) groups is 2. The van der Waals surface area contributed by atoms with E-state index in [0.29, 0.717) is 24.5 Å². The number of anilines is 2. The Morgan fingerprint density at radius 1 is 1.41 bits per heavy atom. The Kier molecular flexibility index (Phi) is 2.16. The Balaban J connectivity index is 1.96. The van der Waals surface area contributed by atoms with Crippen molar-refractivity contribution in [1.82, 2.24) is 5.32 Å². The summed E-state index contributed by atoms with van der Waals surface area (Å²) in [5.74, 6) is -0.317. The first-order chi connectivity index (χ1) is 8.16. The van der Waals surface area contributed by atoms with Gasteiger partial charge in [0.15, 0.2) is 0 Å². The number of nitrogens with one attached hydrogen (secondary N) is 1. The molecule has 0 aromatic heterocycles. The summed E-state index contributed by atoms with van der Waals surface area (Å²) in [4.78, 5) is 25.3. The van der Waals surface area contributed by atoms with Crippen molar-refractivity contribution in [1.29, 1.82) is 0 Å². The molecule has 0 unspecified atom stereocenters. The van der Waals surface area contributed by atoms with Gasteiger partial charge in [-0.15, -0.1) is 0 Å². The van der Waals surface area contributed by atoms with Crippen LogP contribution in [0.2, 0.25) is 0 Å². The molecule has 0 atom stereocenters. The van der Waals surface area contributed by atoms with Gasteiger partial charge in [-0.1, -0.05) is 0 Å². The number of amides is 2. The summed E-state index contributed by atoms with van der Waals surface area (Å²) in [5.41, 5.74) is 7.83. The predicted molar refractivity (Wildman–Crippen MR) is 63.4 cm³/mol. The van der Waals surface area contributed by atoms with Gasteiger partial charge in [0, 0.05) is 18.8 Å². The van der Waals surface area contributed by atoms with Gasteiger partial charge < -0.3 is 11.1 Å². The largest absolute Gasteiger partial charge is 0.399 e. The van der Waals surface area contributed by atoms with E-state index in [1.165, 1.54) is 4.90 Å². The summed E-state index contributed by atoms with van der Waals surface area (Å²) in [5, 5.41) is 3.03. The van der Waals surface area contributed by atoms with Crippen LogP contribution < -0.4 is 16.0 Å². The third-order valence-corrected chi connectivity index (χ3v) is 3.29. The zero-order valence-corrected chi connectivity index (χ0v) is 9.27. The lowest BCUT2D eigenvalue weighted by atomic mass is 10.0. The van der Waals surface area contributed by atoms with Crippen molar-refractivity contribution in [2.75, 3.05) is 23.7 Å². The number of nitrogens with two attached hydrogens (primary N) is 1. The maximum atomic E-state index is 12.1. The average Bonchev–Trinajstić information content (AvgIpc) is 2.50. The second-order valence-electron chi connectivity index (χ2n) is 4.49. The molecular weight excluding hydrogens is 218 g/mol. The predicted octanol–water partition coefficient (Wildman–Crippen LogP) is -0.0961. The molecule has 1 saturated heterocycles. The number of carbonyl (C=O) groups excluding carboxylic acids is 2. The second-order valence-corrected chi connectivity index (χ2v) is 4.49. The number of hydrogen-bond acceptors (Lipinski definition) is 4. The van der Waals surface area contributed by atoms with Crippen LogP contribution in [0.5, 0.6) is 0 Å². The summed E-state index contributed by atoms with van der Waals surface area (Å²) < 4.78 is 0. The Morgan fingerprint density at radius 2 is 2.18 bits per heavy atom. The fourth-order valence-electron chi connectivity index (χ4n) is 2.23. The topological polar surface area (TPSA) is 75.4 Å². The summed E-state index contributed by atoms with van der Waals surface area (Å²) >= 11 is 0. The molecule has 88 valence electrons. The van der Waals surface area contributed by atoms with Gasteiger partial charge in [0.2, 0.25) is 11.8 Å². The monoisotopic (exact) mass is 231 g/mol. The first-order valence-electron chi connectivity index (χ1n) is 5.63. The van der Waals surface area contributed by atoms with Gasteiger partial charge in [-0.3, -0.25) is 9.59 Å². The van der Waals surface area contributed by atoms with Gasteiger partial charge in [0.05, 0.1) is 18.0 Å². The Hall–Kier alpha value is -1.88. The third kappa shape index (κ3) is 1.51. The molecule has 1 fully saturated rings. The van der Waals surface area contributed by atoms with Crippen LogP contribution in [0.4, 0.5) is 11.4 Å². The van der Waals surface area contributed by atoms with Crippen LogP contribution >= 0.6 is 0 Å². The van der Waals surface area contributed by atoms with E-state index in [1.807, 2.05) is 0 Å². The normalized spacial score (nSPS) is 19.1. The maximum absolute atomic E-state index is 12.1. The van der Waals surface area contributed by atoms with Crippen LogP contribution in [-0.4, -0.2) is 24.9 Å². The van der Waals surface area contributed by atoms with Gasteiger partial charge in [-0.2, -0.15) is 0 Å². The molecule has 5 heteroatoms. The first kappa shape index (κ1) is 10.3. The molecule has 0 saturated carbocycles. The highest BCUT2D eigenvalue weighted by atomic mass is 16.2. The van der Waals surface area contributed by atoms with Gasteiger partial charge in [0.1, 0.15) is 0 Å². The molecule has 3 rings (SSSR count). The Bertz CT molecular complexity index is 508. The molecule has 0 bridgehead atoms. The highest BCUT2D eigenvalue weighted by Gasteiger charge is 2.38. The second kappa shape index (κ2) is 3.56. The van der Waals surface area contributed by atoms with E-state index in [2.05, 4.69) is 5.32 Å². The molecule has 1 aromatic rings. The van der Waals surface area contributed by atoms with E-state index >= 15 is 0 Å². The lowest BCUT2D eigenvalue weighted by molar-refractivity contribution is -0.129. The summed E-state index contributed by atoms with van der Waals surface area (Å²) in [6, 6.07) is 5.23. The average molecular weight is 231 g/mol. The standard InChI is InChI=1S/C12H13N3O2/c13-9-1-2-10-7(3-9)4-11(16)15(10)12(17)8-5-14-6-8/h1-3,8,14H,4-6,13H2. The first-order valence-corrected chi connectivity index (χ1v) is 5.63. The van der Waals surface area contributed by atoms with Crippen LogP contribution in [0.15, 0.2) is 18.2 Å². The minimum Gasteiger partial charge on any atom is -0.399 e. The van der Waals surface area contributed by atoms with E-state index in [1.54, 1.807) is 18.2 Å². The molecule has 2 aliphatic heterocycles. The number of imide groups is 1. The van der Waals surface area contributed by atoms with Gasteiger partial charge in [0.25, 0.3) is 0 Å². The quantitative estimate of drug-likeness (QED) is 0.523. The van der Waals surface area contributed by atoms with E-state index < -0.39 is 0 Å². The van der Waals surface area contributed by atoms with E-state index in [-0.39, 0.29) is 24.2 Å². The lowest BCUT2D eigenvalue weighted by Crippen LogP contribution is -2.52. The van der Waals surface area contributed by atoms with Crippen molar-refractivity contribution in [2.24, 2.45) is 5.92 Å². The molecule has 17 heavy (non-hydrogen) atoms. The van der Waals surface area contributed by atoms with Crippen molar-refractivity contribution >= 4 is 23.2 Å². The minimum absolute atomic E-state index is 0.0672. The molecule has 0 spiro atoms. The molecule has 3 N–H and O–H groups in total. The van der Waals surface area contributed by atoms with Crippen LogP contribution in [0.1, 0.15) is 5.56 Å². The summed E-state index contributed by atoms with van der Waals surface area (Å²) in [7, 11) is 0. The van der Waals surface area contributed by atoms with Crippen molar-refractivity contribution < 1.29 is 9.59 Å². The molecule has 5 nitrogen and oxygen atoms in total. The zero-order valence-electron chi connectivity index (χ0n) is 9.27. The Labute approximate surface area is 98.6 Å². The van der Waals surface area contributed by atoms with Gasteiger partial charge in [-0.25, -0.2) is 4.90 Å². The smallest absolute Gasteiger partial charge is 0.239 e. The molecule has 2 heterocycles. The number of fused-ring (bicyclic) bond motifs is 1. The number of benzene rings is 1. The van der Waals surface area contributed by atoms with Crippen LogP contribution in [0, 0.1) is 5.92 Å². The van der Waals surface area contributed by atoms with Crippen LogP contribution in [0.3, 0.4) is 0 Å². The Morgan fingerprint density at radius 3 is 2.82 bits per heavy atom. The van der Waals surface area contributed by atoms with Crippen molar-refractivity contribution in [3.63, 3.8) is 0 Å². The molecule has 2 aliphatic rings. The molecule has 0 radical (unpaired) electrons. The van der Waals surface area contributed by atoms with Crippen LogP contribution in [0.25, 0.3) is 0 Å². The SMILES string of the molecule is Nc1ccc2c(c1)CC(=O)N2C(=O)C1CNC1. The minimum atomic E-state index is -0.150. The van der Waals surface area contributed by atoms with E-state index in [4.69, 9.17) is 5.73 Å². The fraction of sp³-hybridized carbons (Fsp3) is 0.333. The van der Waals surface area contributed by atoms with Crippen molar-refractivity contribution in [3.8, 4) is 0 Å². The highest BCUT2D eigenvalue weighted by Crippen LogP contribution is 2.31. The lowest BCUT2D eigenvalue weighted by Gasteiger charge is -2.29. The summed E-state index contributed by atoms with van der Waals surface area (Å²) in [6.45, 7) is 1.32.